The van der Waals surface area contributed by atoms with Crippen molar-refractivity contribution in [3.8, 4) is 11.5 Å². The molecule has 0 fully saturated rings. The third kappa shape index (κ3) is 3.09. The fourth-order valence-electron chi connectivity index (χ4n) is 3.67. The smallest absolute Gasteiger partial charge is 0.243 e. The molecule has 1 aliphatic rings. The second-order valence-corrected chi connectivity index (χ2v) is 6.57. The zero-order valence-corrected chi connectivity index (χ0v) is 15.7. The van der Waals surface area contributed by atoms with Crippen LogP contribution in [0, 0.1) is 0 Å². The Morgan fingerprint density at radius 2 is 1.93 bits per heavy atom. The second-order valence-electron chi connectivity index (χ2n) is 6.57. The lowest BCUT2D eigenvalue weighted by Crippen LogP contribution is -2.28. The first-order valence-corrected chi connectivity index (χ1v) is 9.09. The quantitative estimate of drug-likeness (QED) is 0.747. The van der Waals surface area contributed by atoms with E-state index in [1.165, 1.54) is 11.1 Å². The summed E-state index contributed by atoms with van der Waals surface area (Å²) in [6, 6.07) is 14.7. The van der Waals surface area contributed by atoms with Crippen LogP contribution in [0.5, 0.6) is 11.5 Å². The van der Waals surface area contributed by atoms with E-state index in [2.05, 4.69) is 52.0 Å². The first-order valence-electron chi connectivity index (χ1n) is 9.09. The Labute approximate surface area is 158 Å². The summed E-state index contributed by atoms with van der Waals surface area (Å²) < 4.78 is 12.9. The van der Waals surface area contributed by atoms with Crippen molar-refractivity contribution in [1.82, 2.24) is 20.2 Å². The predicted octanol–water partition coefficient (Wildman–Crippen LogP) is 3.40. The summed E-state index contributed by atoms with van der Waals surface area (Å²) in [5.74, 6) is 2.07. The number of methoxy groups -OCH3 is 2. The SMILES string of the molecule is CCc1ccc([C@@H]2C[C@@H](c3cccc(OC)c3OC)n3nnnc3N2)cc1. The molecule has 140 valence electrons. The Morgan fingerprint density at radius 3 is 2.63 bits per heavy atom. The van der Waals surface area contributed by atoms with Gasteiger partial charge in [0.2, 0.25) is 5.95 Å². The maximum absolute atomic E-state index is 5.66. The highest BCUT2D eigenvalue weighted by atomic mass is 16.5. The Hall–Kier alpha value is -3.09. The molecule has 0 saturated carbocycles. The van der Waals surface area contributed by atoms with Crippen LogP contribution in [0.15, 0.2) is 42.5 Å². The average molecular weight is 365 g/mol. The third-order valence-corrected chi connectivity index (χ3v) is 5.13. The van der Waals surface area contributed by atoms with E-state index < -0.39 is 0 Å². The molecule has 1 N–H and O–H groups in total. The summed E-state index contributed by atoms with van der Waals surface area (Å²) >= 11 is 0. The molecule has 7 nitrogen and oxygen atoms in total. The largest absolute Gasteiger partial charge is 0.493 e. The number of nitrogens with one attached hydrogen (secondary N) is 1. The number of aromatic nitrogens is 4. The van der Waals surface area contributed by atoms with Crippen molar-refractivity contribution < 1.29 is 9.47 Å². The van der Waals surface area contributed by atoms with Crippen LogP contribution in [0.2, 0.25) is 0 Å². The third-order valence-electron chi connectivity index (χ3n) is 5.13. The van der Waals surface area contributed by atoms with Crippen molar-refractivity contribution in [2.75, 3.05) is 19.5 Å². The van der Waals surface area contributed by atoms with E-state index in [-0.39, 0.29) is 12.1 Å². The van der Waals surface area contributed by atoms with Crippen molar-refractivity contribution >= 4 is 5.95 Å². The van der Waals surface area contributed by atoms with E-state index in [1.807, 2.05) is 22.9 Å². The highest BCUT2D eigenvalue weighted by Crippen LogP contribution is 2.43. The van der Waals surface area contributed by atoms with Gasteiger partial charge in [0.1, 0.15) is 0 Å². The number of fused-ring (bicyclic) bond motifs is 1. The highest BCUT2D eigenvalue weighted by molar-refractivity contribution is 5.50. The van der Waals surface area contributed by atoms with Gasteiger partial charge in [-0.1, -0.05) is 48.4 Å². The molecule has 2 heterocycles. The topological polar surface area (TPSA) is 74.1 Å². The maximum atomic E-state index is 5.66. The summed E-state index contributed by atoms with van der Waals surface area (Å²) in [5.41, 5.74) is 3.54. The second kappa shape index (κ2) is 7.26. The summed E-state index contributed by atoms with van der Waals surface area (Å²) in [5, 5.41) is 15.7. The summed E-state index contributed by atoms with van der Waals surface area (Å²) in [4.78, 5) is 0. The van der Waals surface area contributed by atoms with Crippen molar-refractivity contribution in [2.24, 2.45) is 0 Å². The van der Waals surface area contributed by atoms with Gasteiger partial charge >= 0.3 is 0 Å². The Kier molecular flexibility index (Phi) is 4.66. The predicted molar refractivity (Wildman–Crippen MR) is 102 cm³/mol. The van der Waals surface area contributed by atoms with Crippen LogP contribution in [0.25, 0.3) is 0 Å². The molecule has 2 aromatic carbocycles. The number of nitrogens with zero attached hydrogens (tertiary/aromatic N) is 4. The summed E-state index contributed by atoms with van der Waals surface area (Å²) in [6.07, 6.45) is 1.83. The molecule has 0 unspecified atom stereocenters. The van der Waals surface area contributed by atoms with E-state index >= 15 is 0 Å². The van der Waals surface area contributed by atoms with Crippen LogP contribution in [0.1, 0.15) is 42.1 Å². The highest BCUT2D eigenvalue weighted by Gasteiger charge is 2.33. The minimum atomic E-state index is -0.0582. The minimum Gasteiger partial charge on any atom is -0.493 e. The standard InChI is InChI=1S/C20H23N5O2/c1-4-13-8-10-14(11-9-13)16-12-17(25-20(21-16)22-23-24-25)15-6-5-7-18(26-2)19(15)27-3/h5-11,16-17H,4,12H2,1-3H3,(H,21,22,24)/t16-,17-/m0/s1. The number of hydrogen-bond donors (Lipinski definition) is 1. The Balaban J connectivity index is 1.75. The van der Waals surface area contributed by atoms with E-state index in [0.29, 0.717) is 17.4 Å². The van der Waals surface area contributed by atoms with E-state index in [9.17, 15) is 0 Å². The molecule has 1 aromatic heterocycles. The lowest BCUT2D eigenvalue weighted by molar-refractivity contribution is 0.339. The van der Waals surface area contributed by atoms with Gasteiger partial charge in [0.15, 0.2) is 11.5 Å². The van der Waals surface area contributed by atoms with Crippen molar-refractivity contribution in [3.05, 3.63) is 59.2 Å². The molecular weight excluding hydrogens is 342 g/mol. The molecule has 2 atom stereocenters. The van der Waals surface area contributed by atoms with Gasteiger partial charge in [-0.05, 0) is 40.5 Å². The van der Waals surface area contributed by atoms with Crippen molar-refractivity contribution in [1.29, 1.82) is 0 Å². The van der Waals surface area contributed by atoms with Gasteiger partial charge in [-0.3, -0.25) is 0 Å². The molecule has 0 spiro atoms. The van der Waals surface area contributed by atoms with Gasteiger partial charge in [-0.15, -0.1) is 0 Å². The van der Waals surface area contributed by atoms with E-state index in [4.69, 9.17) is 9.47 Å². The first kappa shape index (κ1) is 17.3. The number of rotatable bonds is 5. The van der Waals surface area contributed by atoms with Crippen LogP contribution < -0.4 is 14.8 Å². The normalized spacial score (nSPS) is 18.5. The molecule has 0 saturated heterocycles. The van der Waals surface area contributed by atoms with Gasteiger partial charge < -0.3 is 14.8 Å². The molecule has 7 heteroatoms. The lowest BCUT2D eigenvalue weighted by atomic mass is 9.92. The van der Waals surface area contributed by atoms with Crippen LogP contribution in [-0.4, -0.2) is 34.4 Å². The molecule has 4 rings (SSSR count). The number of ether oxygens (including phenoxy) is 2. The fraction of sp³-hybridized carbons (Fsp3) is 0.350. The molecule has 1 aliphatic heterocycles. The fourth-order valence-corrected chi connectivity index (χ4v) is 3.67. The number of anilines is 1. The van der Waals surface area contributed by atoms with Gasteiger partial charge in [0.25, 0.3) is 0 Å². The number of benzene rings is 2. The van der Waals surface area contributed by atoms with Crippen LogP contribution in [0.4, 0.5) is 5.95 Å². The van der Waals surface area contributed by atoms with Crippen molar-refractivity contribution in [3.63, 3.8) is 0 Å². The monoisotopic (exact) mass is 365 g/mol. The molecule has 0 amide bonds. The number of tetrazole rings is 1. The van der Waals surface area contributed by atoms with Gasteiger partial charge in [-0.25, -0.2) is 4.68 Å². The molecule has 0 bridgehead atoms. The van der Waals surface area contributed by atoms with Crippen LogP contribution >= 0.6 is 0 Å². The Bertz CT molecular complexity index is 922. The van der Waals surface area contributed by atoms with Gasteiger partial charge in [0, 0.05) is 5.56 Å². The maximum Gasteiger partial charge on any atom is 0.243 e. The average Bonchev–Trinajstić information content (AvgIpc) is 3.21. The van der Waals surface area contributed by atoms with Crippen LogP contribution in [-0.2, 0) is 6.42 Å². The zero-order chi connectivity index (χ0) is 18.8. The summed E-state index contributed by atoms with van der Waals surface area (Å²) in [7, 11) is 3.30. The molecular formula is C20H23N5O2. The zero-order valence-electron chi connectivity index (χ0n) is 15.7. The van der Waals surface area contributed by atoms with E-state index in [0.717, 1.165) is 18.4 Å². The minimum absolute atomic E-state index is 0.0582. The Morgan fingerprint density at radius 1 is 1.11 bits per heavy atom. The molecule has 0 aliphatic carbocycles. The van der Waals surface area contributed by atoms with Gasteiger partial charge in [0.05, 0.1) is 26.3 Å². The number of aryl methyl sites for hydroxylation is 1. The van der Waals surface area contributed by atoms with Gasteiger partial charge in [-0.2, -0.15) is 0 Å². The van der Waals surface area contributed by atoms with Crippen LogP contribution in [0.3, 0.4) is 0 Å². The first-order chi connectivity index (χ1) is 13.2. The molecule has 0 radical (unpaired) electrons. The lowest BCUT2D eigenvalue weighted by Gasteiger charge is -2.32. The summed E-state index contributed by atoms with van der Waals surface area (Å²) in [6.45, 7) is 2.16. The number of para-hydroxylation sites is 1. The molecule has 3 aromatic rings. The van der Waals surface area contributed by atoms with Crippen molar-refractivity contribution in [2.45, 2.75) is 31.8 Å². The number of hydrogen-bond acceptors (Lipinski definition) is 6. The molecule has 27 heavy (non-hydrogen) atoms. The van der Waals surface area contributed by atoms with E-state index in [1.54, 1.807) is 14.2 Å².